The molecule has 1 aromatic carbocycles. The highest BCUT2D eigenvalue weighted by atomic mass is 35.5. The summed E-state index contributed by atoms with van der Waals surface area (Å²) in [6.45, 7) is 0.693. The van der Waals surface area contributed by atoms with Crippen LogP contribution in [0, 0.1) is 0 Å². The van der Waals surface area contributed by atoms with E-state index in [0.29, 0.717) is 6.54 Å². The third-order valence-electron chi connectivity index (χ3n) is 3.99. The van der Waals surface area contributed by atoms with Crippen molar-refractivity contribution in [2.45, 2.75) is 77.6 Å². The third-order valence-corrected chi connectivity index (χ3v) is 3.99. The molecule has 0 amide bonds. The van der Waals surface area contributed by atoms with E-state index in [1.807, 2.05) is 0 Å². The number of hydrogen-bond donors (Lipinski definition) is 0. The van der Waals surface area contributed by atoms with Gasteiger partial charge >= 0.3 is 0 Å². The Bertz CT molecular complexity index is 636. The molecule has 1 rings (SSSR count). The van der Waals surface area contributed by atoms with Crippen LogP contribution in [0.25, 0.3) is 0 Å². The Morgan fingerprint density at radius 3 is 1.83 bits per heavy atom. The third kappa shape index (κ3) is 12.5. The van der Waals surface area contributed by atoms with Crippen LogP contribution in [0.15, 0.2) is 30.2 Å². The zero-order valence-electron chi connectivity index (χ0n) is 22.1. The molecule has 0 radical (unpaired) electrons. The van der Waals surface area contributed by atoms with Crippen molar-refractivity contribution >= 4 is 0 Å². The van der Waals surface area contributed by atoms with Gasteiger partial charge in [-0.2, -0.15) is 0 Å². The molecule has 2 heteroatoms. The summed E-state index contributed by atoms with van der Waals surface area (Å²) >= 11 is 0. The normalized spacial score (nSPS) is 16.2. The molecule has 0 saturated carbocycles. The van der Waals surface area contributed by atoms with E-state index in [9.17, 15) is 0 Å². The van der Waals surface area contributed by atoms with Crippen molar-refractivity contribution in [3.05, 3.63) is 35.8 Å². The first-order valence-corrected chi connectivity index (χ1v) is 8.89. The predicted molar refractivity (Wildman–Crippen MR) is 99.0 cm³/mol. The molecular weight excluding hydrogens is 302 g/mol. The Labute approximate surface area is 161 Å². The second-order valence-corrected chi connectivity index (χ2v) is 6.70. The van der Waals surface area contributed by atoms with Gasteiger partial charge in [-0.15, -0.1) is 0 Å². The topological polar surface area (TPSA) is 0 Å². The van der Waals surface area contributed by atoms with Crippen LogP contribution >= 0.6 is 0 Å². The van der Waals surface area contributed by atoms with Crippen molar-refractivity contribution in [1.29, 1.82) is 0 Å². The van der Waals surface area contributed by atoms with Crippen molar-refractivity contribution in [2.75, 3.05) is 20.6 Å². The lowest BCUT2D eigenvalue weighted by Gasteiger charge is -2.30. The van der Waals surface area contributed by atoms with Crippen LogP contribution in [-0.4, -0.2) is 25.1 Å². The number of hydrogen-bond acceptors (Lipinski definition) is 0. The lowest BCUT2D eigenvalue weighted by molar-refractivity contribution is -0.903. The van der Waals surface area contributed by atoms with Gasteiger partial charge in [0.25, 0.3) is 0 Å². The summed E-state index contributed by atoms with van der Waals surface area (Å²) in [6, 6.07) is -2.35. The van der Waals surface area contributed by atoms with Crippen LogP contribution in [0.5, 0.6) is 0 Å². The van der Waals surface area contributed by atoms with Crippen molar-refractivity contribution < 1.29 is 26.5 Å². The minimum Gasteiger partial charge on any atom is -1.00 e. The molecule has 0 aliphatic heterocycles. The number of rotatable bonds is 13. The van der Waals surface area contributed by atoms with Gasteiger partial charge in [0.2, 0.25) is 0 Å². The highest BCUT2D eigenvalue weighted by molar-refractivity contribution is 5.13. The lowest BCUT2D eigenvalue weighted by atomic mass is 10.1. The predicted octanol–water partition coefficient (Wildman–Crippen LogP) is 3.19. The molecule has 1 nitrogen and oxygen atoms in total. The number of benzene rings is 1. The Morgan fingerprint density at radius 1 is 0.826 bits per heavy atom. The molecule has 1 aromatic rings. The monoisotopic (exact) mass is 346 g/mol. The fourth-order valence-electron chi connectivity index (χ4n) is 2.66. The summed E-state index contributed by atoms with van der Waals surface area (Å²) in [7, 11) is 3.46. The van der Waals surface area contributed by atoms with Gasteiger partial charge in [0.1, 0.15) is 6.50 Å². The van der Waals surface area contributed by atoms with Crippen molar-refractivity contribution in [1.82, 2.24) is 0 Å². The standard InChI is InChI=1S/C21H38N.ClH/c1-4-5-6-7-8-9-10-11-12-16-19-22(2,3)20-21-17-14-13-15-18-21;/h13-15,17-18H,4-12,16,19-20H2,1-3H3;1H/q+1;/p-1/i13D,14D,15D,17D,18D,20D2;. The van der Waals surface area contributed by atoms with Crippen LogP contribution < -0.4 is 12.4 Å². The van der Waals surface area contributed by atoms with E-state index in [4.69, 9.17) is 9.60 Å². The molecule has 0 unspecified atom stereocenters. The Balaban J connectivity index is 0.00000841. The van der Waals surface area contributed by atoms with E-state index in [1.165, 1.54) is 44.9 Å². The summed E-state index contributed by atoms with van der Waals surface area (Å²) in [5.41, 5.74) is -0.249. The largest absolute Gasteiger partial charge is 1.00 e. The van der Waals surface area contributed by atoms with E-state index in [2.05, 4.69) is 6.92 Å². The summed E-state index contributed by atoms with van der Waals surface area (Å²) < 4.78 is 56.7. The van der Waals surface area contributed by atoms with E-state index >= 15 is 0 Å². The van der Waals surface area contributed by atoms with Crippen molar-refractivity contribution in [3.63, 3.8) is 0 Å². The van der Waals surface area contributed by atoms with E-state index in [-0.39, 0.29) is 22.5 Å². The fourth-order valence-corrected chi connectivity index (χ4v) is 2.66. The van der Waals surface area contributed by atoms with Gasteiger partial charge in [-0.25, -0.2) is 0 Å². The second-order valence-electron chi connectivity index (χ2n) is 6.70. The van der Waals surface area contributed by atoms with Crippen molar-refractivity contribution in [2.24, 2.45) is 0 Å². The molecule has 0 N–H and O–H groups in total. The maximum atomic E-state index is 8.61. The minimum atomic E-state index is -2.08. The van der Waals surface area contributed by atoms with Gasteiger partial charge in [0.05, 0.1) is 30.2 Å². The average molecular weight is 347 g/mol. The molecule has 0 saturated heterocycles. The average Bonchev–Trinajstić information content (AvgIpc) is 2.66. The zero-order valence-corrected chi connectivity index (χ0v) is 15.9. The van der Waals surface area contributed by atoms with E-state index in [0.717, 1.165) is 19.3 Å². The molecule has 23 heavy (non-hydrogen) atoms. The van der Waals surface area contributed by atoms with Gasteiger partial charge in [-0.05, 0) is 12.8 Å². The Morgan fingerprint density at radius 2 is 1.30 bits per heavy atom. The maximum absolute atomic E-state index is 8.61. The molecule has 0 bridgehead atoms. The molecular formula is C21H38ClN. The molecule has 0 fully saturated rings. The Kier molecular flexibility index (Phi) is 7.71. The molecule has 0 aromatic heterocycles. The van der Waals surface area contributed by atoms with E-state index < -0.39 is 36.7 Å². The molecule has 0 spiro atoms. The van der Waals surface area contributed by atoms with Gasteiger partial charge in [0, 0.05) is 5.56 Å². The quantitative estimate of drug-likeness (QED) is 0.380. The van der Waals surface area contributed by atoms with Crippen LogP contribution in [0.3, 0.4) is 0 Å². The molecule has 0 heterocycles. The summed E-state index contributed by atoms with van der Waals surface area (Å²) in [6.07, 6.45) is 12.0. The van der Waals surface area contributed by atoms with Crippen LogP contribution in [-0.2, 0) is 6.50 Å². The zero-order chi connectivity index (χ0) is 22.2. The highest BCUT2D eigenvalue weighted by Gasteiger charge is 2.14. The summed E-state index contributed by atoms with van der Waals surface area (Å²) in [4.78, 5) is 0. The molecule has 0 atom stereocenters. The first-order chi connectivity index (χ1) is 13.5. The highest BCUT2D eigenvalue weighted by Crippen LogP contribution is 2.13. The van der Waals surface area contributed by atoms with Crippen LogP contribution in [0.2, 0.25) is 0 Å². The first-order valence-electron chi connectivity index (χ1n) is 12.4. The fraction of sp³-hybridized carbons (Fsp3) is 0.714. The van der Waals surface area contributed by atoms with Gasteiger partial charge in [0.15, 0.2) is 0 Å². The van der Waals surface area contributed by atoms with Crippen LogP contribution in [0.1, 0.15) is 86.3 Å². The second kappa shape index (κ2) is 13.9. The molecule has 0 aliphatic rings. The van der Waals surface area contributed by atoms with Crippen molar-refractivity contribution in [3.8, 4) is 0 Å². The first kappa shape index (κ1) is 12.8. The molecule has 134 valence electrons. The van der Waals surface area contributed by atoms with Crippen LogP contribution in [0.4, 0.5) is 0 Å². The molecule has 0 aliphatic carbocycles. The van der Waals surface area contributed by atoms with Gasteiger partial charge in [-0.1, -0.05) is 88.5 Å². The number of unbranched alkanes of at least 4 members (excludes halogenated alkanes) is 9. The number of quaternary nitrogens is 1. The number of halogens is 1. The lowest BCUT2D eigenvalue weighted by Crippen LogP contribution is -3.00. The maximum Gasteiger partial charge on any atom is 0.104 e. The summed E-state index contributed by atoms with van der Waals surface area (Å²) in [5.74, 6) is 0. The smallest absolute Gasteiger partial charge is 0.104 e. The Hall–Kier alpha value is -0.530. The minimum absolute atomic E-state index is 0. The summed E-state index contributed by atoms with van der Waals surface area (Å²) in [5, 5.41) is 0. The number of nitrogens with zero attached hydrogens (tertiary/aromatic N) is 1. The SMILES string of the molecule is [2H]c1c([2H])c([2H])c(C([2H])([2H])[N+](C)(C)CCCCCCCCCCCC)c([2H])c1[2H].[Cl-]. The van der Waals surface area contributed by atoms with Gasteiger partial charge < -0.3 is 16.9 Å². The van der Waals surface area contributed by atoms with Gasteiger partial charge in [-0.3, -0.25) is 0 Å². The van der Waals surface area contributed by atoms with E-state index in [1.54, 1.807) is 14.1 Å².